The zero-order valence-electron chi connectivity index (χ0n) is 9.87. The molecule has 0 radical (unpaired) electrons. The number of nitrogens with one attached hydrogen (secondary N) is 1. The lowest BCUT2D eigenvalue weighted by atomic mass is 9.93. The maximum Gasteiger partial charge on any atom is 0.245 e. The first-order valence-electron chi connectivity index (χ1n) is 6.32. The minimum atomic E-state index is -0.289. The third-order valence-corrected chi connectivity index (χ3v) is 3.65. The van der Waals surface area contributed by atoms with E-state index in [2.05, 4.69) is 5.32 Å². The Morgan fingerprint density at radius 2 is 1.94 bits per heavy atom. The number of hydrogen-bond acceptors (Lipinski definition) is 2. The summed E-state index contributed by atoms with van der Waals surface area (Å²) in [6.45, 7) is 2.20. The molecule has 1 saturated carbocycles. The molecule has 1 unspecified atom stereocenters. The molecule has 0 bridgehead atoms. The highest BCUT2D eigenvalue weighted by molar-refractivity contribution is 5.94. The van der Waals surface area contributed by atoms with Crippen molar-refractivity contribution in [1.82, 2.24) is 10.2 Å². The third-order valence-electron chi connectivity index (χ3n) is 3.65. The molecule has 4 nitrogen and oxygen atoms in total. The Kier molecular flexibility index (Phi) is 3.46. The van der Waals surface area contributed by atoms with Gasteiger partial charge in [-0.2, -0.15) is 0 Å². The number of amides is 2. The molecule has 16 heavy (non-hydrogen) atoms. The molecule has 0 aromatic carbocycles. The fraction of sp³-hybridized carbons (Fsp3) is 0.833. The van der Waals surface area contributed by atoms with Crippen LogP contribution in [-0.4, -0.2) is 35.3 Å². The Hall–Kier alpha value is -1.06. The van der Waals surface area contributed by atoms with Gasteiger partial charge in [-0.25, -0.2) is 0 Å². The van der Waals surface area contributed by atoms with Crippen molar-refractivity contribution < 1.29 is 9.59 Å². The molecule has 4 heteroatoms. The third kappa shape index (κ3) is 2.20. The summed E-state index contributed by atoms with van der Waals surface area (Å²) in [6, 6.07) is 0.0181. The second kappa shape index (κ2) is 4.85. The first kappa shape index (κ1) is 11.4. The Morgan fingerprint density at radius 3 is 2.56 bits per heavy atom. The molecular weight excluding hydrogens is 204 g/mol. The summed E-state index contributed by atoms with van der Waals surface area (Å²) >= 11 is 0. The molecule has 1 heterocycles. The average molecular weight is 224 g/mol. The van der Waals surface area contributed by atoms with Crippen LogP contribution in [0.4, 0.5) is 0 Å². The van der Waals surface area contributed by atoms with E-state index in [0.29, 0.717) is 12.5 Å². The summed E-state index contributed by atoms with van der Waals surface area (Å²) in [6.07, 6.45) is 6.46. The number of nitrogens with zero attached hydrogens (tertiary/aromatic N) is 1. The predicted octanol–water partition coefficient (Wildman–Crippen LogP) is 1.06. The lowest BCUT2D eigenvalue weighted by Gasteiger charge is -2.39. The van der Waals surface area contributed by atoms with E-state index in [1.165, 1.54) is 19.3 Å². The fourth-order valence-electron chi connectivity index (χ4n) is 2.71. The molecule has 2 rings (SSSR count). The number of carbonyl (C=O) groups is 2. The van der Waals surface area contributed by atoms with Crippen molar-refractivity contribution in [2.75, 3.05) is 6.54 Å². The number of rotatable bonds is 2. The van der Waals surface area contributed by atoms with E-state index in [4.69, 9.17) is 0 Å². The van der Waals surface area contributed by atoms with Crippen molar-refractivity contribution in [3.63, 3.8) is 0 Å². The van der Waals surface area contributed by atoms with Crippen molar-refractivity contribution in [1.29, 1.82) is 0 Å². The molecule has 90 valence electrons. The maximum atomic E-state index is 12.1. The lowest BCUT2D eigenvalue weighted by molar-refractivity contribution is -0.147. The van der Waals surface area contributed by atoms with Gasteiger partial charge in [-0.1, -0.05) is 26.2 Å². The summed E-state index contributed by atoms with van der Waals surface area (Å²) in [5.74, 6) is 0.117. The van der Waals surface area contributed by atoms with Gasteiger partial charge in [-0.3, -0.25) is 9.59 Å². The lowest BCUT2D eigenvalue weighted by Crippen LogP contribution is -2.60. The zero-order chi connectivity index (χ0) is 11.5. The molecule has 0 spiro atoms. The zero-order valence-corrected chi connectivity index (χ0v) is 9.87. The Labute approximate surface area is 96.4 Å². The van der Waals surface area contributed by atoms with E-state index >= 15 is 0 Å². The number of carbonyl (C=O) groups excluding carboxylic acids is 2. The Morgan fingerprint density at radius 1 is 1.25 bits per heavy atom. The van der Waals surface area contributed by atoms with Gasteiger partial charge in [-0.15, -0.1) is 0 Å². The molecule has 1 N–H and O–H groups in total. The van der Waals surface area contributed by atoms with Crippen molar-refractivity contribution in [2.45, 2.75) is 57.5 Å². The van der Waals surface area contributed by atoms with Crippen LogP contribution in [0, 0.1) is 0 Å². The van der Waals surface area contributed by atoms with Crippen LogP contribution in [0.2, 0.25) is 0 Å². The van der Waals surface area contributed by atoms with Gasteiger partial charge in [0.2, 0.25) is 11.8 Å². The quantitative estimate of drug-likeness (QED) is 0.762. The van der Waals surface area contributed by atoms with Crippen LogP contribution in [0.1, 0.15) is 45.4 Å². The van der Waals surface area contributed by atoms with Crippen LogP contribution in [0.15, 0.2) is 0 Å². The fourth-order valence-corrected chi connectivity index (χ4v) is 2.71. The minimum Gasteiger partial charge on any atom is -0.343 e. The van der Waals surface area contributed by atoms with Crippen LogP contribution < -0.4 is 5.32 Å². The van der Waals surface area contributed by atoms with E-state index in [-0.39, 0.29) is 24.4 Å². The van der Waals surface area contributed by atoms with E-state index in [1.54, 1.807) is 0 Å². The van der Waals surface area contributed by atoms with Crippen molar-refractivity contribution in [3.05, 3.63) is 0 Å². The van der Waals surface area contributed by atoms with Gasteiger partial charge in [0.15, 0.2) is 0 Å². The summed E-state index contributed by atoms with van der Waals surface area (Å²) in [4.78, 5) is 25.5. The summed E-state index contributed by atoms with van der Waals surface area (Å²) in [5.41, 5.74) is 0. The van der Waals surface area contributed by atoms with Crippen molar-refractivity contribution in [2.24, 2.45) is 0 Å². The van der Waals surface area contributed by atoms with Crippen LogP contribution in [0.5, 0.6) is 0 Å². The van der Waals surface area contributed by atoms with Gasteiger partial charge in [0, 0.05) is 6.04 Å². The topological polar surface area (TPSA) is 49.4 Å². The predicted molar refractivity (Wildman–Crippen MR) is 60.8 cm³/mol. The average Bonchev–Trinajstić information content (AvgIpc) is 2.33. The van der Waals surface area contributed by atoms with Gasteiger partial charge in [0.25, 0.3) is 0 Å². The molecule has 1 aliphatic heterocycles. The second-order valence-electron chi connectivity index (χ2n) is 4.79. The molecule has 1 saturated heterocycles. The smallest absolute Gasteiger partial charge is 0.245 e. The van der Waals surface area contributed by atoms with Crippen LogP contribution in [-0.2, 0) is 9.59 Å². The monoisotopic (exact) mass is 224 g/mol. The SMILES string of the molecule is CCC1NC(=O)CN(C2CCCCC2)C1=O. The highest BCUT2D eigenvalue weighted by Crippen LogP contribution is 2.24. The van der Waals surface area contributed by atoms with Crippen LogP contribution >= 0.6 is 0 Å². The summed E-state index contributed by atoms with van der Waals surface area (Å²) in [5, 5.41) is 2.75. The maximum absolute atomic E-state index is 12.1. The molecular formula is C12H20N2O2. The molecule has 2 aliphatic rings. The standard InChI is InChI=1S/C12H20N2O2/c1-2-10-12(16)14(8-11(15)13-10)9-6-4-3-5-7-9/h9-10H,2-8H2,1H3,(H,13,15). The molecule has 2 fully saturated rings. The van der Waals surface area contributed by atoms with E-state index < -0.39 is 0 Å². The van der Waals surface area contributed by atoms with E-state index in [1.807, 2.05) is 11.8 Å². The Bertz CT molecular complexity index is 285. The molecule has 1 aliphatic carbocycles. The molecule has 0 aromatic heterocycles. The largest absolute Gasteiger partial charge is 0.343 e. The summed E-state index contributed by atoms with van der Waals surface area (Å²) in [7, 11) is 0. The van der Waals surface area contributed by atoms with Crippen molar-refractivity contribution >= 4 is 11.8 Å². The van der Waals surface area contributed by atoms with Gasteiger partial charge in [0.05, 0.1) is 6.54 Å². The number of piperazine rings is 1. The minimum absolute atomic E-state index is 0.00276. The van der Waals surface area contributed by atoms with Gasteiger partial charge >= 0.3 is 0 Å². The van der Waals surface area contributed by atoms with Crippen LogP contribution in [0.25, 0.3) is 0 Å². The van der Waals surface area contributed by atoms with Crippen LogP contribution in [0.3, 0.4) is 0 Å². The van der Waals surface area contributed by atoms with Crippen molar-refractivity contribution in [3.8, 4) is 0 Å². The number of hydrogen-bond donors (Lipinski definition) is 1. The summed E-state index contributed by atoms with van der Waals surface area (Å²) < 4.78 is 0. The molecule has 2 amide bonds. The molecule has 0 aromatic rings. The first-order chi connectivity index (χ1) is 7.72. The first-order valence-corrected chi connectivity index (χ1v) is 6.32. The Balaban J connectivity index is 2.06. The van der Waals surface area contributed by atoms with Gasteiger partial charge in [-0.05, 0) is 19.3 Å². The second-order valence-corrected chi connectivity index (χ2v) is 4.79. The van der Waals surface area contributed by atoms with Gasteiger partial charge in [0.1, 0.15) is 6.04 Å². The normalized spacial score (nSPS) is 28.1. The highest BCUT2D eigenvalue weighted by atomic mass is 16.2. The van der Waals surface area contributed by atoms with Gasteiger partial charge < -0.3 is 10.2 Å². The highest BCUT2D eigenvalue weighted by Gasteiger charge is 2.35. The van der Waals surface area contributed by atoms with E-state index in [9.17, 15) is 9.59 Å². The molecule has 1 atom stereocenters. The van der Waals surface area contributed by atoms with E-state index in [0.717, 1.165) is 12.8 Å².